The van der Waals surface area contributed by atoms with Gasteiger partial charge < -0.3 is 10.2 Å². The van der Waals surface area contributed by atoms with E-state index in [-0.39, 0.29) is 24.0 Å². The highest BCUT2D eigenvalue weighted by molar-refractivity contribution is 14.0. The zero-order valence-electron chi connectivity index (χ0n) is 15.5. The molecule has 25 heavy (non-hydrogen) atoms. The summed E-state index contributed by atoms with van der Waals surface area (Å²) in [7, 11) is 0. The van der Waals surface area contributed by atoms with Gasteiger partial charge in [0.05, 0.1) is 12.2 Å². The molecule has 3 rings (SSSR count). The molecule has 0 aromatic carbocycles. The quantitative estimate of drug-likeness (QED) is 0.405. The summed E-state index contributed by atoms with van der Waals surface area (Å²) < 4.78 is 0.466. The molecule has 1 N–H and O–H groups in total. The number of thioether (sulfide) groups is 1. The third-order valence-corrected chi connectivity index (χ3v) is 6.68. The minimum atomic E-state index is 0. The van der Waals surface area contributed by atoms with Crippen LogP contribution >= 0.6 is 35.7 Å². The molecule has 0 bridgehead atoms. The summed E-state index contributed by atoms with van der Waals surface area (Å²) in [6.07, 6.45) is 8.79. The Labute approximate surface area is 173 Å². The van der Waals surface area contributed by atoms with Crippen molar-refractivity contribution in [2.75, 3.05) is 25.4 Å². The summed E-state index contributed by atoms with van der Waals surface area (Å²) in [4.78, 5) is 11.9. The van der Waals surface area contributed by atoms with Crippen LogP contribution < -0.4 is 5.32 Å². The minimum absolute atomic E-state index is 0. The van der Waals surface area contributed by atoms with E-state index in [0.717, 1.165) is 31.3 Å². The Morgan fingerprint density at radius 2 is 2.16 bits per heavy atom. The SMILES string of the molecule is CCNC(=NCc1ncccc1C)N1CCSC2(CCCCC2)C1.I. The van der Waals surface area contributed by atoms with Crippen molar-refractivity contribution in [3.05, 3.63) is 29.6 Å². The molecule has 1 saturated carbocycles. The standard InChI is InChI=1S/C19H30N4S.HI/c1-3-20-18(22-14-17-16(2)8-7-11-21-17)23-12-13-24-19(15-23)9-5-4-6-10-19;/h7-8,11H,3-6,9-10,12-15H2,1-2H3,(H,20,22);1H. The number of halogens is 1. The van der Waals surface area contributed by atoms with Crippen molar-refractivity contribution in [2.45, 2.75) is 57.2 Å². The second kappa shape index (κ2) is 10.00. The van der Waals surface area contributed by atoms with Crippen molar-refractivity contribution in [3.8, 4) is 0 Å². The molecule has 0 atom stereocenters. The van der Waals surface area contributed by atoms with Crippen molar-refractivity contribution in [3.63, 3.8) is 0 Å². The summed E-state index contributed by atoms with van der Waals surface area (Å²) in [5.74, 6) is 2.28. The van der Waals surface area contributed by atoms with Gasteiger partial charge in [0, 0.05) is 36.3 Å². The molecule has 0 unspecified atom stereocenters. The van der Waals surface area contributed by atoms with E-state index in [1.54, 1.807) is 0 Å². The Morgan fingerprint density at radius 3 is 2.88 bits per heavy atom. The van der Waals surface area contributed by atoms with Gasteiger partial charge >= 0.3 is 0 Å². The number of aliphatic imine (C=N–C) groups is 1. The first-order valence-electron chi connectivity index (χ1n) is 9.30. The molecule has 2 fully saturated rings. The molecular formula is C19H31IN4S. The lowest BCUT2D eigenvalue weighted by molar-refractivity contribution is 0.293. The average molecular weight is 474 g/mol. The number of hydrogen-bond acceptors (Lipinski definition) is 3. The zero-order chi connectivity index (χ0) is 16.8. The number of aryl methyl sites for hydroxylation is 1. The summed E-state index contributed by atoms with van der Waals surface area (Å²) in [5, 5.41) is 3.50. The van der Waals surface area contributed by atoms with Crippen LogP contribution in [-0.4, -0.2) is 46.0 Å². The van der Waals surface area contributed by atoms with E-state index in [0.29, 0.717) is 11.3 Å². The molecule has 4 nitrogen and oxygen atoms in total. The van der Waals surface area contributed by atoms with E-state index < -0.39 is 0 Å². The molecule has 0 radical (unpaired) electrons. The first-order valence-corrected chi connectivity index (χ1v) is 10.3. The molecule has 1 aliphatic carbocycles. The number of hydrogen-bond donors (Lipinski definition) is 1. The van der Waals surface area contributed by atoms with Crippen molar-refractivity contribution >= 4 is 41.7 Å². The molecule has 1 saturated heterocycles. The fourth-order valence-corrected chi connectivity index (χ4v) is 5.35. The number of guanidine groups is 1. The van der Waals surface area contributed by atoms with E-state index in [1.807, 2.05) is 12.3 Å². The van der Waals surface area contributed by atoms with Crippen LogP contribution in [0.2, 0.25) is 0 Å². The minimum Gasteiger partial charge on any atom is -0.357 e. The molecule has 2 heterocycles. The smallest absolute Gasteiger partial charge is 0.194 e. The number of nitrogens with one attached hydrogen (secondary N) is 1. The second-order valence-corrected chi connectivity index (χ2v) is 8.51. The van der Waals surface area contributed by atoms with Crippen molar-refractivity contribution < 1.29 is 0 Å². The summed E-state index contributed by atoms with van der Waals surface area (Å²) >= 11 is 2.21. The van der Waals surface area contributed by atoms with E-state index in [9.17, 15) is 0 Å². The molecule has 1 spiro atoms. The zero-order valence-corrected chi connectivity index (χ0v) is 18.6. The molecular weight excluding hydrogens is 443 g/mol. The van der Waals surface area contributed by atoms with E-state index in [4.69, 9.17) is 4.99 Å². The number of pyridine rings is 1. The second-order valence-electron chi connectivity index (χ2n) is 6.95. The number of aromatic nitrogens is 1. The predicted octanol–water partition coefficient (Wildman–Crippen LogP) is 4.23. The third kappa shape index (κ3) is 5.49. The van der Waals surface area contributed by atoms with Crippen LogP contribution in [-0.2, 0) is 6.54 Å². The topological polar surface area (TPSA) is 40.5 Å². The maximum Gasteiger partial charge on any atom is 0.194 e. The lowest BCUT2D eigenvalue weighted by Gasteiger charge is -2.45. The lowest BCUT2D eigenvalue weighted by Crippen LogP contribution is -2.53. The number of rotatable bonds is 3. The maximum absolute atomic E-state index is 4.91. The average Bonchev–Trinajstić information content (AvgIpc) is 2.60. The Bertz CT molecular complexity index is 567. The normalized spacial score (nSPS) is 20.2. The third-order valence-electron chi connectivity index (χ3n) is 5.14. The van der Waals surface area contributed by atoms with Gasteiger partial charge in [-0.1, -0.05) is 25.3 Å². The van der Waals surface area contributed by atoms with E-state index in [2.05, 4.69) is 46.9 Å². The van der Waals surface area contributed by atoms with E-state index in [1.165, 1.54) is 43.4 Å². The maximum atomic E-state index is 4.91. The highest BCUT2D eigenvalue weighted by atomic mass is 127. The molecule has 6 heteroatoms. The van der Waals surface area contributed by atoms with Crippen LogP contribution in [0.5, 0.6) is 0 Å². The molecule has 1 aromatic rings. The highest BCUT2D eigenvalue weighted by Gasteiger charge is 2.38. The van der Waals surface area contributed by atoms with Crippen LogP contribution in [0.1, 0.15) is 50.3 Å². The van der Waals surface area contributed by atoms with Crippen LogP contribution in [0.3, 0.4) is 0 Å². The van der Waals surface area contributed by atoms with Gasteiger partial charge in [0.15, 0.2) is 5.96 Å². The van der Waals surface area contributed by atoms with Crippen LogP contribution in [0.4, 0.5) is 0 Å². The van der Waals surface area contributed by atoms with Crippen LogP contribution in [0.25, 0.3) is 0 Å². The number of nitrogens with zero attached hydrogens (tertiary/aromatic N) is 3. The van der Waals surface area contributed by atoms with Crippen LogP contribution in [0, 0.1) is 6.92 Å². The molecule has 1 aromatic heterocycles. The van der Waals surface area contributed by atoms with Crippen LogP contribution in [0.15, 0.2) is 23.3 Å². The Morgan fingerprint density at radius 1 is 1.36 bits per heavy atom. The van der Waals surface area contributed by atoms with Gasteiger partial charge in [-0.15, -0.1) is 24.0 Å². The van der Waals surface area contributed by atoms with Gasteiger partial charge in [0.2, 0.25) is 0 Å². The van der Waals surface area contributed by atoms with Gasteiger partial charge in [0.25, 0.3) is 0 Å². The summed E-state index contributed by atoms with van der Waals surface area (Å²) in [5.41, 5.74) is 2.29. The fraction of sp³-hybridized carbons (Fsp3) is 0.684. The van der Waals surface area contributed by atoms with Crippen molar-refractivity contribution in [2.24, 2.45) is 4.99 Å². The van der Waals surface area contributed by atoms with Gasteiger partial charge in [0.1, 0.15) is 0 Å². The Hall–Kier alpha value is -0.500. The van der Waals surface area contributed by atoms with Gasteiger partial charge in [-0.25, -0.2) is 4.99 Å². The Kier molecular flexibility index (Phi) is 8.32. The molecule has 2 aliphatic rings. The summed E-state index contributed by atoms with van der Waals surface area (Å²) in [6.45, 7) is 8.07. The predicted molar refractivity (Wildman–Crippen MR) is 119 cm³/mol. The van der Waals surface area contributed by atoms with Crippen molar-refractivity contribution in [1.29, 1.82) is 0 Å². The van der Waals surface area contributed by atoms with Gasteiger partial charge in [-0.2, -0.15) is 11.8 Å². The van der Waals surface area contributed by atoms with Crippen molar-refractivity contribution in [1.82, 2.24) is 15.2 Å². The lowest BCUT2D eigenvalue weighted by atomic mass is 9.87. The Balaban J connectivity index is 0.00000225. The molecule has 0 amide bonds. The largest absolute Gasteiger partial charge is 0.357 e. The van der Waals surface area contributed by atoms with Gasteiger partial charge in [-0.3, -0.25) is 4.98 Å². The monoisotopic (exact) mass is 474 g/mol. The highest BCUT2D eigenvalue weighted by Crippen LogP contribution is 2.42. The summed E-state index contributed by atoms with van der Waals surface area (Å²) in [6, 6.07) is 4.10. The first kappa shape index (κ1) is 20.8. The molecule has 1 aliphatic heterocycles. The fourth-order valence-electron chi connectivity index (χ4n) is 3.78. The van der Waals surface area contributed by atoms with E-state index >= 15 is 0 Å². The van der Waals surface area contributed by atoms with Gasteiger partial charge in [-0.05, 0) is 38.3 Å². The first-order chi connectivity index (χ1) is 11.7. The molecule has 140 valence electrons.